The van der Waals surface area contributed by atoms with Crippen LogP contribution in [0.2, 0.25) is 0 Å². The van der Waals surface area contributed by atoms with Gasteiger partial charge in [-0.3, -0.25) is 62.5 Å². The second kappa shape index (κ2) is 40.0. The topological polar surface area (TPSA) is 649 Å². The molecule has 0 unspecified atom stereocenters. The number of hydrogen-bond acceptors (Lipinski definition) is 21. The van der Waals surface area contributed by atoms with Crippen LogP contribution in [0.4, 0.5) is 0 Å². The van der Waals surface area contributed by atoms with E-state index in [9.17, 15) is 93.0 Å². The summed E-state index contributed by atoms with van der Waals surface area (Å²) < 4.78 is 0. The molecule has 11 amide bonds. The van der Waals surface area contributed by atoms with E-state index in [4.69, 9.17) is 34.4 Å². The summed E-state index contributed by atoms with van der Waals surface area (Å²) in [6.07, 6.45) is -1.54. The number of rotatable bonds is 43. The number of guanidine groups is 1. The van der Waals surface area contributed by atoms with Gasteiger partial charge in [0, 0.05) is 50.5 Å². The normalized spacial score (nSPS) is 14.0. The second-order valence-corrected chi connectivity index (χ2v) is 22.6. The molecule has 3 aromatic carbocycles. The van der Waals surface area contributed by atoms with Gasteiger partial charge in [0.05, 0.1) is 31.8 Å². The first-order valence-corrected chi connectivity index (χ1v) is 30.6. The molecule has 4 aromatic rings. The Bertz CT molecular complexity index is 3410. The van der Waals surface area contributed by atoms with Gasteiger partial charge in [-0.1, -0.05) is 42.8 Å². The predicted molar refractivity (Wildman–Crippen MR) is 345 cm³/mol. The number of aromatic hydroxyl groups is 3. The lowest BCUT2D eigenvalue weighted by Crippen LogP contribution is -2.61. The van der Waals surface area contributed by atoms with E-state index in [1.165, 1.54) is 85.3 Å². The highest BCUT2D eigenvalue weighted by atomic mass is 16.4. The van der Waals surface area contributed by atoms with Gasteiger partial charge in [0.15, 0.2) is 5.96 Å². The van der Waals surface area contributed by atoms with Crippen LogP contribution in [0.1, 0.15) is 80.2 Å². The van der Waals surface area contributed by atoms with E-state index >= 15 is 0 Å². The van der Waals surface area contributed by atoms with E-state index in [-0.39, 0.29) is 78.7 Å². The average Bonchev–Trinajstić information content (AvgIpc) is 0.963. The van der Waals surface area contributed by atoms with Crippen LogP contribution in [0.25, 0.3) is 0 Å². The first-order chi connectivity index (χ1) is 46.4. The number of carbonyl (C=O) groups excluding carboxylic acids is 11. The Morgan fingerprint density at radius 3 is 1.26 bits per heavy atom. The third kappa shape index (κ3) is 28.2. The highest BCUT2D eigenvalue weighted by molar-refractivity contribution is 6.00. The standard InChI is InChI=1S/C61H84N18O19/c62-20-2-1-4-38(63)51(88)73-44(26-49(65)85)57(94)77-45(27-50(86)87)58(95)75-42(23-32-8-14-36(82)15-9-32)55(92)74-41(22-31-6-12-35(81)13-7-31)54(91)72-40(18-19-48(64)84)53(90)71-39(5-3-21-69-61(66)67)52(89)79-47(29-80)59(96)76-43(25-34-28-68-30-70-34)56(93)78-46(60(97)98)24-33-10-16-37(83)17-11-33/h6-17,28,30,38-47,80-83H,1-5,18-27,29,62-63H2,(H2,64,84)(H2,65,85)(H,68,70)(H,71,90)(H,72,91)(H,73,88)(H,74,92)(H,75,95)(H,76,96)(H,77,94)(H,78,93)(H,79,89)(H,86,87)(H,97,98)(H4,66,67,69)/t38-,39-,40-,41-,42-,43-,44-,45-,46-,47-/m0/s1. The van der Waals surface area contributed by atoms with Gasteiger partial charge in [-0.05, 0) is 91.7 Å². The minimum Gasteiger partial charge on any atom is -0.508 e. The lowest BCUT2D eigenvalue weighted by molar-refractivity contribution is -0.142. The molecule has 532 valence electrons. The fourth-order valence-corrected chi connectivity index (χ4v) is 9.46. The summed E-state index contributed by atoms with van der Waals surface area (Å²) in [6.45, 7) is -0.992. The van der Waals surface area contributed by atoms with Gasteiger partial charge in [0.1, 0.15) is 71.6 Å². The molecule has 28 N–H and O–H groups in total. The van der Waals surface area contributed by atoms with Gasteiger partial charge in [0.25, 0.3) is 0 Å². The number of benzene rings is 3. The summed E-state index contributed by atoms with van der Waals surface area (Å²) in [4.78, 5) is 187. The Morgan fingerprint density at radius 1 is 0.449 bits per heavy atom. The minimum absolute atomic E-state index is 0.0721. The van der Waals surface area contributed by atoms with E-state index < -0.39 is 182 Å². The van der Waals surface area contributed by atoms with Crippen LogP contribution >= 0.6 is 0 Å². The summed E-state index contributed by atoms with van der Waals surface area (Å²) in [5.41, 5.74) is 34.6. The van der Waals surface area contributed by atoms with E-state index in [1.807, 2.05) is 0 Å². The maximum absolute atomic E-state index is 14.8. The van der Waals surface area contributed by atoms with Crippen molar-refractivity contribution < 1.29 is 93.0 Å². The van der Waals surface area contributed by atoms with Crippen molar-refractivity contribution in [2.75, 3.05) is 19.7 Å². The number of carboxylic acid groups (broad SMARTS) is 2. The Balaban J connectivity index is 1.67. The van der Waals surface area contributed by atoms with Crippen molar-refractivity contribution in [1.82, 2.24) is 57.8 Å². The molecule has 0 aliphatic rings. The third-order valence-corrected chi connectivity index (χ3v) is 14.7. The number of aromatic nitrogens is 2. The molecule has 1 heterocycles. The maximum atomic E-state index is 14.8. The first-order valence-electron chi connectivity index (χ1n) is 30.6. The quantitative estimate of drug-likeness (QED) is 0.0111. The van der Waals surface area contributed by atoms with E-state index in [2.05, 4.69) is 62.8 Å². The number of aliphatic carboxylic acids is 2. The van der Waals surface area contributed by atoms with Gasteiger partial charge in [0.2, 0.25) is 65.0 Å². The van der Waals surface area contributed by atoms with Crippen LogP contribution in [0, 0.1) is 0 Å². The van der Waals surface area contributed by atoms with Gasteiger partial charge in [-0.15, -0.1) is 0 Å². The molecule has 10 atom stereocenters. The molecular formula is C61H84N18O19. The average molecular weight is 1370 g/mol. The Kier molecular flexibility index (Phi) is 32.3. The summed E-state index contributed by atoms with van der Waals surface area (Å²) in [5.74, 6) is -16.6. The predicted octanol–water partition coefficient (Wildman–Crippen LogP) is -6.64. The van der Waals surface area contributed by atoms with Crippen LogP contribution in [-0.4, -0.2) is 204 Å². The zero-order valence-electron chi connectivity index (χ0n) is 53.0. The van der Waals surface area contributed by atoms with Crippen molar-refractivity contribution in [3.8, 4) is 17.2 Å². The first kappa shape index (κ1) is 79.0. The number of nitrogens with one attached hydrogen (secondary N) is 10. The molecule has 37 heteroatoms. The van der Waals surface area contributed by atoms with Crippen molar-refractivity contribution in [3.05, 3.63) is 108 Å². The molecule has 0 aliphatic heterocycles. The number of primary amides is 2. The van der Waals surface area contributed by atoms with Crippen LogP contribution < -0.4 is 82.3 Å². The van der Waals surface area contributed by atoms with Gasteiger partial charge in [-0.25, -0.2) is 9.78 Å². The molecule has 0 saturated heterocycles. The molecule has 0 saturated carbocycles. The molecule has 0 spiro atoms. The number of phenols is 3. The van der Waals surface area contributed by atoms with Gasteiger partial charge >= 0.3 is 11.9 Å². The number of aromatic amines is 1. The summed E-state index contributed by atoms with van der Waals surface area (Å²) >= 11 is 0. The highest BCUT2D eigenvalue weighted by Gasteiger charge is 2.37. The minimum atomic E-state index is -2.06. The number of carboxylic acids is 2. The number of unbranched alkanes of at least 4 members (excludes halogenated alkanes) is 1. The zero-order chi connectivity index (χ0) is 72.6. The molecule has 37 nitrogen and oxygen atoms in total. The largest absolute Gasteiger partial charge is 0.508 e. The number of imidazole rings is 1. The monoisotopic (exact) mass is 1370 g/mol. The fourth-order valence-electron chi connectivity index (χ4n) is 9.46. The van der Waals surface area contributed by atoms with Crippen molar-refractivity contribution in [2.24, 2.45) is 39.4 Å². The molecule has 0 radical (unpaired) electrons. The lowest BCUT2D eigenvalue weighted by atomic mass is 10.0. The molecule has 98 heavy (non-hydrogen) atoms. The molecule has 0 bridgehead atoms. The maximum Gasteiger partial charge on any atom is 0.326 e. The Morgan fingerprint density at radius 2 is 0.837 bits per heavy atom. The Labute approximate surface area is 559 Å². The number of H-pyrrole nitrogens is 1. The van der Waals surface area contributed by atoms with E-state index in [0.29, 0.717) is 24.9 Å². The number of phenolic OH excluding ortho intramolecular Hbond substituents is 3. The third-order valence-electron chi connectivity index (χ3n) is 14.7. The summed E-state index contributed by atoms with van der Waals surface area (Å²) in [6, 6.07) is -1.46. The number of aliphatic imine (C=N–C) groups is 1. The number of hydrogen-bond donors (Lipinski definition) is 22. The molecule has 0 fully saturated rings. The fraction of sp³-hybridized carbons (Fsp3) is 0.426. The number of nitrogens with zero attached hydrogens (tertiary/aromatic N) is 2. The van der Waals surface area contributed by atoms with Crippen molar-refractivity contribution in [3.63, 3.8) is 0 Å². The number of nitrogens with two attached hydrogens (primary N) is 6. The van der Waals surface area contributed by atoms with Crippen molar-refractivity contribution >= 4 is 82.9 Å². The molecule has 4 rings (SSSR count). The molecular weight excluding hydrogens is 1290 g/mol. The summed E-state index contributed by atoms with van der Waals surface area (Å²) in [5, 5.41) is 81.6. The van der Waals surface area contributed by atoms with Crippen LogP contribution in [0.3, 0.4) is 0 Å². The van der Waals surface area contributed by atoms with E-state index in [1.54, 1.807) is 0 Å². The van der Waals surface area contributed by atoms with Gasteiger partial charge < -0.3 is 118 Å². The van der Waals surface area contributed by atoms with Crippen LogP contribution in [-0.2, 0) is 88.0 Å². The van der Waals surface area contributed by atoms with Crippen LogP contribution in [0.15, 0.2) is 90.3 Å². The van der Waals surface area contributed by atoms with Crippen LogP contribution in [0.5, 0.6) is 17.2 Å². The number of aliphatic hydroxyl groups excluding tert-OH is 1. The van der Waals surface area contributed by atoms with E-state index in [0.717, 1.165) is 0 Å². The molecule has 0 aliphatic carbocycles. The second-order valence-electron chi connectivity index (χ2n) is 22.6. The number of carbonyl (C=O) groups is 13. The van der Waals surface area contributed by atoms with Gasteiger partial charge in [-0.2, -0.15) is 0 Å². The van der Waals surface area contributed by atoms with Crippen molar-refractivity contribution in [2.45, 2.75) is 144 Å². The lowest BCUT2D eigenvalue weighted by Gasteiger charge is -2.28. The summed E-state index contributed by atoms with van der Waals surface area (Å²) in [7, 11) is 0. The number of aliphatic hydroxyl groups is 1. The highest BCUT2D eigenvalue weighted by Crippen LogP contribution is 2.17. The SMILES string of the molecule is NCCCC[C@H](N)C(=O)N[C@@H](CC(N)=O)C(=O)N[C@@H](CC(=O)O)C(=O)N[C@@H](Cc1ccc(O)cc1)C(=O)N[C@@H](Cc1ccc(O)cc1)C(=O)N[C@@H](CCC(N)=O)C(=O)N[C@@H](CCCN=C(N)N)C(=O)N[C@@H](CO)C(=O)N[C@@H](Cc1cnc[nH]1)C(=O)N[C@@H](Cc1ccc(O)cc1)C(=O)O. The smallest absolute Gasteiger partial charge is 0.326 e. The zero-order valence-corrected chi connectivity index (χ0v) is 53.0. The number of amides is 11. The van der Waals surface area contributed by atoms with Crippen molar-refractivity contribution in [1.29, 1.82) is 0 Å². The Hall–Kier alpha value is -11.5. The molecule has 1 aromatic heterocycles.